The van der Waals surface area contributed by atoms with Gasteiger partial charge < -0.3 is 14.8 Å². The molecule has 168 valence electrons. The summed E-state index contributed by atoms with van der Waals surface area (Å²) >= 11 is 0. The molecule has 1 amide bonds. The van der Waals surface area contributed by atoms with E-state index in [0.29, 0.717) is 30.3 Å². The third-order valence-electron chi connectivity index (χ3n) is 4.90. The predicted molar refractivity (Wildman–Crippen MR) is 119 cm³/mol. The molecule has 1 unspecified atom stereocenters. The monoisotopic (exact) mass is 446 g/mol. The molecule has 1 aliphatic heterocycles. The Balaban J connectivity index is 1.78. The quantitative estimate of drug-likeness (QED) is 0.677. The smallest absolute Gasteiger partial charge is 0.251 e. The number of rotatable bonds is 7. The largest absolute Gasteiger partial charge is 0.490 e. The molecule has 0 saturated heterocycles. The van der Waals surface area contributed by atoms with Crippen LogP contribution in [0, 0.1) is 5.92 Å². The molecule has 2 aromatic rings. The van der Waals surface area contributed by atoms with Crippen molar-refractivity contribution in [2.45, 2.75) is 51.1 Å². The lowest BCUT2D eigenvalue weighted by atomic mass is 9.95. The van der Waals surface area contributed by atoms with Crippen molar-refractivity contribution in [1.82, 2.24) is 10.0 Å². The Hall–Kier alpha value is -2.58. The number of carbonyl (C=O) groups excluding carboxylic acids is 1. The molecule has 2 N–H and O–H groups in total. The van der Waals surface area contributed by atoms with E-state index in [2.05, 4.69) is 10.0 Å². The predicted octanol–water partition coefficient (Wildman–Crippen LogP) is 3.66. The summed E-state index contributed by atoms with van der Waals surface area (Å²) in [6.07, 6.45) is 0.826. The van der Waals surface area contributed by atoms with Gasteiger partial charge >= 0.3 is 0 Å². The average Bonchev–Trinajstić information content (AvgIpc) is 2.95. The second-order valence-electron chi connectivity index (χ2n) is 8.25. The van der Waals surface area contributed by atoms with E-state index >= 15 is 0 Å². The van der Waals surface area contributed by atoms with E-state index in [9.17, 15) is 13.2 Å². The average molecular weight is 447 g/mol. The lowest BCUT2D eigenvalue weighted by molar-refractivity contribution is 0.0925. The first kappa shape index (κ1) is 23.1. The van der Waals surface area contributed by atoms with Crippen LogP contribution in [0.15, 0.2) is 47.4 Å². The fourth-order valence-corrected chi connectivity index (χ4v) is 4.65. The highest BCUT2D eigenvalue weighted by Gasteiger charge is 2.22. The summed E-state index contributed by atoms with van der Waals surface area (Å²) in [6, 6.07) is 11.2. The van der Waals surface area contributed by atoms with Crippen molar-refractivity contribution in [2.24, 2.45) is 5.92 Å². The minimum Gasteiger partial charge on any atom is -0.490 e. The molecule has 0 saturated carbocycles. The normalized spacial score (nSPS) is 14.9. The lowest BCUT2D eigenvalue weighted by Gasteiger charge is -2.24. The van der Waals surface area contributed by atoms with E-state index in [4.69, 9.17) is 9.47 Å². The summed E-state index contributed by atoms with van der Waals surface area (Å²) in [6.45, 7) is 8.78. The maximum Gasteiger partial charge on any atom is 0.251 e. The van der Waals surface area contributed by atoms with Crippen LogP contribution in [0.5, 0.6) is 11.5 Å². The van der Waals surface area contributed by atoms with Gasteiger partial charge in [-0.1, -0.05) is 19.9 Å². The molecule has 0 aromatic heterocycles. The van der Waals surface area contributed by atoms with Gasteiger partial charge in [0.25, 0.3) is 5.91 Å². The minimum atomic E-state index is -3.60. The summed E-state index contributed by atoms with van der Waals surface area (Å²) in [5, 5.41) is 3.06. The Morgan fingerprint density at radius 1 is 0.935 bits per heavy atom. The number of carbonyl (C=O) groups is 1. The highest BCUT2D eigenvalue weighted by Crippen LogP contribution is 2.34. The number of sulfonamides is 1. The van der Waals surface area contributed by atoms with Crippen LogP contribution in [0.2, 0.25) is 0 Å². The molecular weight excluding hydrogens is 416 g/mol. The van der Waals surface area contributed by atoms with Crippen molar-refractivity contribution >= 4 is 15.9 Å². The van der Waals surface area contributed by atoms with Gasteiger partial charge in [-0.3, -0.25) is 4.79 Å². The molecule has 2 aromatic carbocycles. The molecule has 8 heteroatoms. The molecule has 3 rings (SSSR count). The first-order valence-electron chi connectivity index (χ1n) is 10.5. The highest BCUT2D eigenvalue weighted by molar-refractivity contribution is 7.89. The molecule has 0 spiro atoms. The Kier molecular flexibility index (Phi) is 7.23. The second kappa shape index (κ2) is 9.70. The first-order chi connectivity index (χ1) is 14.7. The lowest BCUT2D eigenvalue weighted by Crippen LogP contribution is -2.32. The van der Waals surface area contributed by atoms with E-state index in [0.717, 1.165) is 12.0 Å². The van der Waals surface area contributed by atoms with Crippen molar-refractivity contribution in [3.63, 3.8) is 0 Å². The summed E-state index contributed by atoms with van der Waals surface area (Å²) in [5.41, 5.74) is 1.32. The summed E-state index contributed by atoms with van der Waals surface area (Å²) in [5.74, 6) is 1.25. The van der Waals surface area contributed by atoms with Crippen molar-refractivity contribution in [3.05, 3.63) is 53.6 Å². The zero-order valence-corrected chi connectivity index (χ0v) is 19.2. The number of ether oxygens (including phenoxy) is 2. The van der Waals surface area contributed by atoms with Crippen molar-refractivity contribution in [2.75, 3.05) is 13.2 Å². The van der Waals surface area contributed by atoms with E-state index in [1.165, 1.54) is 24.3 Å². The number of hydrogen-bond donors (Lipinski definition) is 2. The number of benzene rings is 2. The van der Waals surface area contributed by atoms with Gasteiger partial charge in [0.05, 0.1) is 24.2 Å². The topological polar surface area (TPSA) is 93.7 Å². The number of hydrogen-bond acceptors (Lipinski definition) is 5. The van der Waals surface area contributed by atoms with Gasteiger partial charge in [-0.25, -0.2) is 13.1 Å². The van der Waals surface area contributed by atoms with Crippen LogP contribution in [0.25, 0.3) is 0 Å². The van der Waals surface area contributed by atoms with Gasteiger partial charge in [0.1, 0.15) is 0 Å². The zero-order valence-electron chi connectivity index (χ0n) is 18.3. The molecular formula is C23H30N2O5S. The number of fused-ring (bicyclic) bond motifs is 1. The fraction of sp³-hybridized carbons (Fsp3) is 0.435. The third-order valence-corrected chi connectivity index (χ3v) is 6.58. The van der Waals surface area contributed by atoms with Gasteiger partial charge in [0.2, 0.25) is 10.0 Å². The minimum absolute atomic E-state index is 0.126. The van der Waals surface area contributed by atoms with Crippen molar-refractivity contribution < 1.29 is 22.7 Å². The molecule has 0 radical (unpaired) electrons. The van der Waals surface area contributed by atoms with Crippen LogP contribution in [-0.4, -0.2) is 33.6 Å². The maximum atomic E-state index is 12.9. The molecule has 31 heavy (non-hydrogen) atoms. The van der Waals surface area contributed by atoms with E-state index in [1.54, 1.807) is 13.8 Å². The third kappa shape index (κ3) is 5.77. The molecule has 0 bridgehead atoms. The molecule has 1 atom stereocenters. The molecule has 1 aliphatic rings. The zero-order chi connectivity index (χ0) is 22.6. The van der Waals surface area contributed by atoms with Gasteiger partial charge in [-0.15, -0.1) is 0 Å². The van der Waals surface area contributed by atoms with Crippen molar-refractivity contribution in [3.8, 4) is 11.5 Å². The highest BCUT2D eigenvalue weighted by atomic mass is 32.2. The SMILES string of the molecule is CC(C)NS(=O)(=O)c1ccc(C(=O)NC(c2ccc3c(c2)OCCCO3)C(C)C)cc1. The Morgan fingerprint density at radius 2 is 1.58 bits per heavy atom. The Labute approximate surface area is 184 Å². The number of nitrogens with one attached hydrogen (secondary N) is 2. The number of amides is 1. The Bertz CT molecular complexity index is 1020. The summed E-state index contributed by atoms with van der Waals surface area (Å²) < 4.78 is 38.6. The van der Waals surface area contributed by atoms with Gasteiger partial charge in [0, 0.05) is 18.0 Å². The Morgan fingerprint density at radius 3 is 2.19 bits per heavy atom. The fourth-order valence-electron chi connectivity index (χ4n) is 3.40. The molecule has 0 aliphatic carbocycles. The summed E-state index contributed by atoms with van der Waals surface area (Å²) in [7, 11) is -3.60. The van der Waals surface area contributed by atoms with Gasteiger partial charge in [-0.05, 0) is 61.7 Å². The van der Waals surface area contributed by atoms with E-state index in [1.807, 2.05) is 32.0 Å². The van der Waals surface area contributed by atoms with E-state index < -0.39 is 10.0 Å². The van der Waals surface area contributed by atoms with Crippen LogP contribution in [0.1, 0.15) is 56.1 Å². The van der Waals surface area contributed by atoms with Gasteiger partial charge in [0.15, 0.2) is 11.5 Å². The van der Waals surface area contributed by atoms with Crippen LogP contribution in [-0.2, 0) is 10.0 Å². The van der Waals surface area contributed by atoms with Crippen LogP contribution in [0.4, 0.5) is 0 Å². The molecule has 0 fully saturated rings. The molecule has 1 heterocycles. The van der Waals surface area contributed by atoms with Crippen LogP contribution >= 0.6 is 0 Å². The maximum absolute atomic E-state index is 12.9. The van der Waals surface area contributed by atoms with Gasteiger partial charge in [-0.2, -0.15) is 0 Å². The van der Waals surface area contributed by atoms with Crippen molar-refractivity contribution in [1.29, 1.82) is 0 Å². The van der Waals surface area contributed by atoms with Crippen LogP contribution < -0.4 is 19.5 Å². The molecule has 7 nitrogen and oxygen atoms in total. The first-order valence-corrected chi connectivity index (χ1v) is 12.0. The van der Waals surface area contributed by atoms with E-state index in [-0.39, 0.29) is 28.8 Å². The van der Waals surface area contributed by atoms with Crippen LogP contribution in [0.3, 0.4) is 0 Å². The summed E-state index contributed by atoms with van der Waals surface area (Å²) in [4.78, 5) is 13.0. The standard InChI is InChI=1S/C23H30N2O5S/c1-15(2)22(18-8-11-20-21(14-18)30-13-5-12-29-20)24-23(26)17-6-9-19(10-7-17)31(27,28)25-16(3)4/h6-11,14-16,22,25H,5,12-13H2,1-4H3,(H,24,26). The second-order valence-corrected chi connectivity index (χ2v) is 9.97.